The van der Waals surface area contributed by atoms with Gasteiger partial charge >= 0.3 is 0 Å². The molecule has 2 rings (SSSR count). The molecule has 0 radical (unpaired) electrons. The summed E-state index contributed by atoms with van der Waals surface area (Å²) in [7, 11) is 0. The van der Waals surface area contributed by atoms with Crippen LogP contribution in [0.25, 0.3) is 0 Å². The summed E-state index contributed by atoms with van der Waals surface area (Å²) in [5.74, 6) is -0.412. The molecule has 6 nitrogen and oxygen atoms in total. The second kappa shape index (κ2) is 5.62. The van der Waals surface area contributed by atoms with Crippen molar-refractivity contribution in [2.24, 2.45) is 0 Å². The number of nitrogens with one attached hydrogen (secondary N) is 1. The Hall–Kier alpha value is -2.89. The van der Waals surface area contributed by atoms with Crippen LogP contribution in [0.15, 0.2) is 36.4 Å². The number of anilines is 2. The Morgan fingerprint density at radius 3 is 2.52 bits per heavy atom. The fourth-order valence-corrected chi connectivity index (χ4v) is 1.91. The molecule has 0 aliphatic heterocycles. The van der Waals surface area contributed by atoms with Crippen LogP contribution in [0.3, 0.4) is 0 Å². The topological polar surface area (TPSA) is 98.3 Å². The van der Waals surface area contributed by atoms with Crippen LogP contribution in [-0.4, -0.2) is 10.8 Å². The van der Waals surface area contributed by atoms with Crippen LogP contribution < -0.4 is 11.1 Å². The van der Waals surface area contributed by atoms with Crippen LogP contribution in [0.1, 0.15) is 21.5 Å². The summed E-state index contributed by atoms with van der Waals surface area (Å²) in [6, 6.07) is 9.51. The first-order valence-electron chi connectivity index (χ1n) is 6.31. The van der Waals surface area contributed by atoms with Gasteiger partial charge < -0.3 is 11.1 Å². The molecule has 0 aliphatic rings. The standard InChI is InChI=1S/C15H15N3O3/c1-9-3-6-13(14(7-9)18(20)21)17-15(19)11-4-5-12(16)10(2)8-11/h3-8H,16H2,1-2H3,(H,17,19). The maximum Gasteiger partial charge on any atom is 0.293 e. The lowest BCUT2D eigenvalue weighted by molar-refractivity contribution is -0.384. The van der Waals surface area contributed by atoms with E-state index < -0.39 is 10.8 Å². The molecule has 108 valence electrons. The van der Waals surface area contributed by atoms with E-state index in [9.17, 15) is 14.9 Å². The lowest BCUT2D eigenvalue weighted by Gasteiger charge is -2.08. The quantitative estimate of drug-likeness (QED) is 0.514. The van der Waals surface area contributed by atoms with Crippen molar-refractivity contribution in [3.8, 4) is 0 Å². The molecule has 2 aromatic carbocycles. The zero-order valence-corrected chi connectivity index (χ0v) is 11.7. The number of nitrogens with zero attached hydrogens (tertiary/aromatic N) is 1. The average molecular weight is 285 g/mol. The number of amides is 1. The van der Waals surface area contributed by atoms with Crippen molar-refractivity contribution < 1.29 is 9.72 Å². The average Bonchev–Trinajstić information content (AvgIpc) is 2.43. The van der Waals surface area contributed by atoms with E-state index in [1.807, 2.05) is 0 Å². The second-order valence-corrected chi connectivity index (χ2v) is 4.80. The van der Waals surface area contributed by atoms with Gasteiger partial charge in [-0.3, -0.25) is 14.9 Å². The summed E-state index contributed by atoms with van der Waals surface area (Å²) >= 11 is 0. The normalized spacial score (nSPS) is 10.2. The molecule has 1 amide bonds. The highest BCUT2D eigenvalue weighted by Crippen LogP contribution is 2.26. The van der Waals surface area contributed by atoms with E-state index in [4.69, 9.17) is 5.73 Å². The molecule has 21 heavy (non-hydrogen) atoms. The minimum absolute atomic E-state index is 0.129. The molecule has 3 N–H and O–H groups in total. The second-order valence-electron chi connectivity index (χ2n) is 4.80. The highest BCUT2D eigenvalue weighted by molar-refractivity contribution is 6.05. The van der Waals surface area contributed by atoms with Crippen molar-refractivity contribution >= 4 is 23.0 Å². The van der Waals surface area contributed by atoms with Crippen molar-refractivity contribution in [1.82, 2.24) is 0 Å². The predicted molar refractivity (Wildman–Crippen MR) is 81.4 cm³/mol. The Labute approximate surface area is 121 Å². The highest BCUT2D eigenvalue weighted by atomic mass is 16.6. The zero-order chi connectivity index (χ0) is 15.6. The minimum atomic E-state index is -0.517. The van der Waals surface area contributed by atoms with E-state index in [1.165, 1.54) is 12.1 Å². The van der Waals surface area contributed by atoms with Crippen molar-refractivity contribution in [1.29, 1.82) is 0 Å². The third kappa shape index (κ3) is 3.17. The first kappa shape index (κ1) is 14.5. The molecule has 0 saturated heterocycles. The molecule has 0 bridgehead atoms. The number of hydrogen-bond acceptors (Lipinski definition) is 4. The van der Waals surface area contributed by atoms with Gasteiger partial charge in [-0.15, -0.1) is 0 Å². The van der Waals surface area contributed by atoms with Crippen molar-refractivity contribution in [2.75, 3.05) is 11.1 Å². The Kier molecular flexibility index (Phi) is 3.89. The van der Waals surface area contributed by atoms with E-state index in [-0.39, 0.29) is 11.4 Å². The van der Waals surface area contributed by atoms with Gasteiger partial charge in [0.1, 0.15) is 5.69 Å². The van der Waals surface area contributed by atoms with Crippen LogP contribution in [0.2, 0.25) is 0 Å². The Morgan fingerprint density at radius 1 is 1.19 bits per heavy atom. The van der Waals surface area contributed by atoms with Gasteiger partial charge in [0.05, 0.1) is 4.92 Å². The molecule has 0 atom stereocenters. The number of nitro groups is 1. The fourth-order valence-electron chi connectivity index (χ4n) is 1.91. The number of carbonyl (C=O) groups is 1. The molecular formula is C15H15N3O3. The highest BCUT2D eigenvalue weighted by Gasteiger charge is 2.17. The van der Waals surface area contributed by atoms with Crippen LogP contribution in [0.5, 0.6) is 0 Å². The summed E-state index contributed by atoms with van der Waals surface area (Å²) < 4.78 is 0. The van der Waals surface area contributed by atoms with E-state index in [0.717, 1.165) is 11.1 Å². The van der Waals surface area contributed by atoms with Gasteiger partial charge in [0.2, 0.25) is 0 Å². The van der Waals surface area contributed by atoms with Gasteiger partial charge in [0, 0.05) is 17.3 Å². The monoisotopic (exact) mass is 285 g/mol. The molecule has 0 heterocycles. The van der Waals surface area contributed by atoms with Crippen LogP contribution >= 0.6 is 0 Å². The summed E-state index contributed by atoms with van der Waals surface area (Å²) in [6.45, 7) is 3.54. The van der Waals surface area contributed by atoms with Gasteiger partial charge in [-0.1, -0.05) is 6.07 Å². The van der Waals surface area contributed by atoms with Gasteiger partial charge in [-0.05, 0) is 49.2 Å². The fraction of sp³-hybridized carbons (Fsp3) is 0.133. The molecule has 0 spiro atoms. The number of benzene rings is 2. The number of nitro benzene ring substituents is 1. The Balaban J connectivity index is 2.31. The van der Waals surface area contributed by atoms with Gasteiger partial charge in [-0.25, -0.2) is 0 Å². The Bertz CT molecular complexity index is 726. The summed E-state index contributed by atoms with van der Waals surface area (Å²) in [5.41, 5.74) is 8.26. The third-order valence-electron chi connectivity index (χ3n) is 3.13. The molecule has 0 unspecified atom stereocenters. The molecule has 0 aliphatic carbocycles. The summed E-state index contributed by atoms with van der Waals surface area (Å²) in [6.07, 6.45) is 0. The lowest BCUT2D eigenvalue weighted by Crippen LogP contribution is -2.13. The van der Waals surface area contributed by atoms with Crippen LogP contribution in [-0.2, 0) is 0 Å². The van der Waals surface area contributed by atoms with Crippen LogP contribution in [0.4, 0.5) is 17.1 Å². The van der Waals surface area contributed by atoms with Crippen LogP contribution in [0, 0.1) is 24.0 Å². The third-order valence-corrected chi connectivity index (χ3v) is 3.13. The Morgan fingerprint density at radius 2 is 1.90 bits per heavy atom. The largest absolute Gasteiger partial charge is 0.399 e. The van der Waals surface area contributed by atoms with Gasteiger partial charge in [0.15, 0.2) is 0 Å². The molecule has 0 aromatic heterocycles. The minimum Gasteiger partial charge on any atom is -0.399 e. The molecule has 2 aromatic rings. The number of aryl methyl sites for hydroxylation is 2. The van der Waals surface area contributed by atoms with Crippen molar-refractivity contribution in [3.05, 3.63) is 63.2 Å². The van der Waals surface area contributed by atoms with Gasteiger partial charge in [0.25, 0.3) is 11.6 Å². The van der Waals surface area contributed by atoms with Crippen molar-refractivity contribution in [3.63, 3.8) is 0 Å². The molecular weight excluding hydrogens is 270 g/mol. The number of carbonyl (C=O) groups excluding carboxylic acids is 1. The predicted octanol–water partition coefficient (Wildman–Crippen LogP) is 3.05. The number of nitrogen functional groups attached to an aromatic ring is 1. The summed E-state index contributed by atoms with van der Waals surface area (Å²) in [4.78, 5) is 22.7. The van der Waals surface area contributed by atoms with Gasteiger partial charge in [-0.2, -0.15) is 0 Å². The van der Waals surface area contributed by atoms with E-state index in [1.54, 1.807) is 38.1 Å². The number of nitrogens with two attached hydrogens (primary N) is 1. The van der Waals surface area contributed by atoms with E-state index in [2.05, 4.69) is 5.32 Å². The van der Waals surface area contributed by atoms with Crippen molar-refractivity contribution in [2.45, 2.75) is 13.8 Å². The SMILES string of the molecule is Cc1ccc(NC(=O)c2ccc(N)c(C)c2)c([N+](=O)[O-])c1. The first-order valence-corrected chi connectivity index (χ1v) is 6.31. The smallest absolute Gasteiger partial charge is 0.293 e. The maximum absolute atomic E-state index is 12.2. The van der Waals surface area contributed by atoms with E-state index in [0.29, 0.717) is 11.3 Å². The first-order chi connectivity index (χ1) is 9.88. The number of hydrogen-bond donors (Lipinski definition) is 2. The zero-order valence-electron chi connectivity index (χ0n) is 11.7. The lowest BCUT2D eigenvalue weighted by atomic mass is 10.1. The number of rotatable bonds is 3. The molecule has 0 saturated carbocycles. The molecule has 0 fully saturated rings. The maximum atomic E-state index is 12.2. The molecule has 6 heteroatoms. The summed E-state index contributed by atoms with van der Waals surface area (Å²) in [5, 5.41) is 13.6. The van der Waals surface area contributed by atoms with E-state index >= 15 is 0 Å².